The lowest BCUT2D eigenvalue weighted by Gasteiger charge is -2.16. The Bertz CT molecular complexity index is 515. The van der Waals surface area contributed by atoms with Gasteiger partial charge in [0.25, 0.3) is 0 Å². The third-order valence-electron chi connectivity index (χ3n) is 2.74. The molecule has 0 aliphatic carbocycles. The van der Waals surface area contributed by atoms with Gasteiger partial charge >= 0.3 is 12.2 Å². The SMILES string of the molecule is CCNC(=O)NC(=O)CN(C)Cc1ccc(C(F)(F)F)cc1. The molecule has 0 saturated carbocycles. The summed E-state index contributed by atoms with van der Waals surface area (Å²) in [5, 5.41) is 4.57. The lowest BCUT2D eigenvalue weighted by molar-refractivity contribution is -0.137. The fourth-order valence-electron chi connectivity index (χ4n) is 1.78. The minimum absolute atomic E-state index is 0.0435. The molecule has 0 bridgehead atoms. The molecule has 1 rings (SSSR count). The number of hydrogen-bond acceptors (Lipinski definition) is 3. The topological polar surface area (TPSA) is 61.4 Å². The van der Waals surface area contributed by atoms with Gasteiger partial charge in [0.05, 0.1) is 12.1 Å². The normalized spacial score (nSPS) is 11.4. The highest BCUT2D eigenvalue weighted by atomic mass is 19.4. The lowest BCUT2D eigenvalue weighted by Crippen LogP contribution is -2.43. The summed E-state index contributed by atoms with van der Waals surface area (Å²) in [6.45, 7) is 2.38. The Morgan fingerprint density at radius 2 is 1.77 bits per heavy atom. The highest BCUT2D eigenvalue weighted by molar-refractivity contribution is 5.95. The van der Waals surface area contributed by atoms with Crippen LogP contribution in [0.15, 0.2) is 24.3 Å². The first-order chi connectivity index (χ1) is 10.2. The van der Waals surface area contributed by atoms with Crippen molar-refractivity contribution in [2.45, 2.75) is 19.6 Å². The molecular weight excluding hydrogens is 299 g/mol. The number of nitrogens with one attached hydrogen (secondary N) is 2. The number of benzene rings is 1. The van der Waals surface area contributed by atoms with E-state index in [1.165, 1.54) is 12.1 Å². The van der Waals surface area contributed by atoms with Crippen molar-refractivity contribution in [2.24, 2.45) is 0 Å². The maximum absolute atomic E-state index is 12.4. The van der Waals surface area contributed by atoms with Crippen molar-refractivity contribution < 1.29 is 22.8 Å². The average Bonchev–Trinajstić information content (AvgIpc) is 2.37. The molecule has 122 valence electrons. The van der Waals surface area contributed by atoms with Gasteiger partial charge in [-0.1, -0.05) is 12.1 Å². The number of carbonyl (C=O) groups excluding carboxylic acids is 2. The number of nitrogens with zero attached hydrogens (tertiary/aromatic N) is 1. The first kappa shape index (κ1) is 18.0. The van der Waals surface area contributed by atoms with Gasteiger partial charge < -0.3 is 5.32 Å². The van der Waals surface area contributed by atoms with Crippen LogP contribution >= 0.6 is 0 Å². The summed E-state index contributed by atoms with van der Waals surface area (Å²) in [5.41, 5.74) is -0.0748. The molecule has 5 nitrogen and oxygen atoms in total. The molecule has 0 spiro atoms. The predicted molar refractivity (Wildman–Crippen MR) is 75.0 cm³/mol. The van der Waals surface area contributed by atoms with E-state index in [9.17, 15) is 22.8 Å². The Hall–Kier alpha value is -2.09. The van der Waals surface area contributed by atoms with E-state index in [1.807, 2.05) is 0 Å². The number of rotatable bonds is 5. The largest absolute Gasteiger partial charge is 0.416 e. The monoisotopic (exact) mass is 317 g/mol. The van der Waals surface area contributed by atoms with Crippen molar-refractivity contribution in [3.63, 3.8) is 0 Å². The second-order valence-corrected chi connectivity index (χ2v) is 4.77. The molecule has 0 aliphatic rings. The second-order valence-electron chi connectivity index (χ2n) is 4.77. The van der Waals surface area contributed by atoms with E-state index >= 15 is 0 Å². The number of alkyl halides is 3. The number of imide groups is 1. The van der Waals surface area contributed by atoms with Crippen LogP contribution in [0.5, 0.6) is 0 Å². The number of urea groups is 1. The summed E-state index contributed by atoms with van der Waals surface area (Å²) in [5.74, 6) is -0.486. The van der Waals surface area contributed by atoms with Gasteiger partial charge in [0.15, 0.2) is 0 Å². The van der Waals surface area contributed by atoms with Crippen molar-refractivity contribution >= 4 is 11.9 Å². The van der Waals surface area contributed by atoms with Crippen LogP contribution in [0.1, 0.15) is 18.1 Å². The van der Waals surface area contributed by atoms with E-state index < -0.39 is 23.7 Å². The minimum Gasteiger partial charge on any atom is -0.338 e. The molecule has 0 radical (unpaired) electrons. The van der Waals surface area contributed by atoms with Crippen LogP contribution < -0.4 is 10.6 Å². The maximum Gasteiger partial charge on any atom is 0.416 e. The van der Waals surface area contributed by atoms with Gasteiger partial charge in [-0.25, -0.2) is 4.79 Å². The standard InChI is InChI=1S/C14H18F3N3O2/c1-3-18-13(22)19-12(21)9-20(2)8-10-4-6-11(7-5-10)14(15,16)17/h4-7H,3,8-9H2,1-2H3,(H2,18,19,21,22). The molecule has 22 heavy (non-hydrogen) atoms. The van der Waals surface area contributed by atoms with Crippen molar-refractivity contribution in [1.29, 1.82) is 0 Å². The second kappa shape index (κ2) is 7.79. The molecule has 0 aliphatic heterocycles. The molecule has 3 amide bonds. The molecule has 0 heterocycles. The molecule has 0 unspecified atom stereocenters. The summed E-state index contributed by atoms with van der Waals surface area (Å²) >= 11 is 0. The van der Waals surface area contributed by atoms with E-state index in [-0.39, 0.29) is 6.54 Å². The quantitative estimate of drug-likeness (QED) is 0.873. The summed E-state index contributed by atoms with van der Waals surface area (Å²) in [6, 6.07) is 4.15. The number of amides is 3. The Kier molecular flexibility index (Phi) is 6.36. The Morgan fingerprint density at radius 3 is 2.27 bits per heavy atom. The van der Waals surface area contributed by atoms with E-state index in [2.05, 4.69) is 10.6 Å². The first-order valence-corrected chi connectivity index (χ1v) is 6.64. The van der Waals surface area contributed by atoms with Crippen LogP contribution in [0.25, 0.3) is 0 Å². The van der Waals surface area contributed by atoms with Crippen molar-refractivity contribution in [1.82, 2.24) is 15.5 Å². The van der Waals surface area contributed by atoms with Crippen LogP contribution in [0.4, 0.5) is 18.0 Å². The minimum atomic E-state index is -4.36. The number of halogens is 3. The summed E-state index contributed by atoms with van der Waals surface area (Å²) in [6.07, 6.45) is -4.36. The van der Waals surface area contributed by atoms with E-state index in [0.717, 1.165) is 12.1 Å². The maximum atomic E-state index is 12.4. The highest BCUT2D eigenvalue weighted by Crippen LogP contribution is 2.29. The van der Waals surface area contributed by atoms with Gasteiger partial charge in [0.2, 0.25) is 5.91 Å². The summed E-state index contributed by atoms with van der Waals surface area (Å²) in [7, 11) is 1.63. The van der Waals surface area contributed by atoms with Crippen molar-refractivity contribution in [3.8, 4) is 0 Å². The zero-order valence-electron chi connectivity index (χ0n) is 12.3. The Morgan fingerprint density at radius 1 is 1.18 bits per heavy atom. The zero-order chi connectivity index (χ0) is 16.8. The van der Waals surface area contributed by atoms with E-state index in [1.54, 1.807) is 18.9 Å². The average molecular weight is 317 g/mol. The molecule has 0 saturated heterocycles. The Balaban J connectivity index is 2.49. The molecular formula is C14H18F3N3O2. The van der Waals surface area contributed by atoms with Crippen LogP contribution in [0.3, 0.4) is 0 Å². The fourth-order valence-corrected chi connectivity index (χ4v) is 1.78. The third-order valence-corrected chi connectivity index (χ3v) is 2.74. The summed E-state index contributed by atoms with van der Waals surface area (Å²) in [4.78, 5) is 24.3. The van der Waals surface area contributed by atoms with E-state index in [4.69, 9.17) is 0 Å². The molecule has 0 aromatic heterocycles. The summed E-state index contributed by atoms with van der Waals surface area (Å²) < 4.78 is 37.3. The first-order valence-electron chi connectivity index (χ1n) is 6.64. The van der Waals surface area contributed by atoms with Crippen LogP contribution in [-0.4, -0.2) is 37.0 Å². The molecule has 8 heteroatoms. The Labute approximate surface area is 126 Å². The highest BCUT2D eigenvalue weighted by Gasteiger charge is 2.29. The van der Waals surface area contributed by atoms with Crippen molar-refractivity contribution in [3.05, 3.63) is 35.4 Å². The van der Waals surface area contributed by atoms with Crippen molar-refractivity contribution in [2.75, 3.05) is 20.1 Å². The predicted octanol–water partition coefficient (Wildman–Crippen LogP) is 1.98. The van der Waals surface area contributed by atoms with Crippen LogP contribution in [-0.2, 0) is 17.5 Å². The van der Waals surface area contributed by atoms with Crippen LogP contribution in [0.2, 0.25) is 0 Å². The van der Waals surface area contributed by atoms with E-state index in [0.29, 0.717) is 18.7 Å². The van der Waals surface area contributed by atoms with Gasteiger partial charge in [-0.3, -0.25) is 15.0 Å². The van der Waals surface area contributed by atoms with Crippen LogP contribution in [0, 0.1) is 0 Å². The van der Waals surface area contributed by atoms with Gasteiger partial charge in [0.1, 0.15) is 0 Å². The van der Waals surface area contributed by atoms with Gasteiger partial charge in [-0.2, -0.15) is 13.2 Å². The molecule has 2 N–H and O–H groups in total. The van der Waals surface area contributed by atoms with Gasteiger partial charge in [0, 0.05) is 13.1 Å². The smallest absolute Gasteiger partial charge is 0.338 e. The number of likely N-dealkylation sites (N-methyl/N-ethyl adjacent to an activating group) is 1. The number of hydrogen-bond donors (Lipinski definition) is 2. The third kappa shape index (κ3) is 6.13. The molecule has 1 aromatic carbocycles. The number of carbonyl (C=O) groups is 2. The van der Waals surface area contributed by atoms with Gasteiger partial charge in [-0.15, -0.1) is 0 Å². The van der Waals surface area contributed by atoms with Gasteiger partial charge in [-0.05, 0) is 31.7 Å². The fraction of sp³-hybridized carbons (Fsp3) is 0.429. The lowest BCUT2D eigenvalue weighted by atomic mass is 10.1. The molecule has 1 aromatic rings. The molecule has 0 fully saturated rings. The zero-order valence-corrected chi connectivity index (χ0v) is 12.3. The molecule has 0 atom stereocenters.